The molecule has 0 spiro atoms. The Morgan fingerprint density at radius 3 is 2.62 bits per heavy atom. The van der Waals surface area contributed by atoms with Gasteiger partial charge in [-0.3, -0.25) is 4.98 Å². The van der Waals surface area contributed by atoms with Crippen molar-refractivity contribution in [3.8, 4) is 0 Å². The third-order valence-electron chi connectivity index (χ3n) is 1.41. The summed E-state index contributed by atoms with van der Waals surface area (Å²) in [6, 6.07) is 1.28. The number of aromatic carboxylic acids is 1. The second kappa shape index (κ2) is 4.03. The number of nitrogens with zero attached hydrogens (tertiary/aromatic N) is 1. The number of carboxylic acids is 1. The van der Waals surface area contributed by atoms with Gasteiger partial charge in [0.05, 0.1) is 5.56 Å². The zero-order chi connectivity index (χ0) is 10.0. The molecule has 1 heterocycles. The Morgan fingerprint density at radius 2 is 2.15 bits per heavy atom. The number of hydrogen-bond donors (Lipinski definition) is 3. The summed E-state index contributed by atoms with van der Waals surface area (Å²) in [5.41, 5.74) is -0.248. The molecule has 0 aliphatic heterocycles. The Labute approximate surface area is 87.7 Å². The lowest BCUT2D eigenvalue weighted by Gasteiger charge is -2.03. The Hall–Kier alpha value is -0.665. The van der Waals surface area contributed by atoms with Gasteiger partial charge in [-0.2, -0.15) is 0 Å². The van der Waals surface area contributed by atoms with Crippen molar-refractivity contribution >= 4 is 41.1 Å². The van der Waals surface area contributed by atoms with Crippen LogP contribution in [-0.2, 0) is 0 Å². The van der Waals surface area contributed by atoms with Gasteiger partial charge in [0.1, 0.15) is 3.70 Å². The van der Waals surface area contributed by atoms with Gasteiger partial charge in [0.25, 0.3) is 0 Å². The molecule has 0 radical (unpaired) electrons. The van der Waals surface area contributed by atoms with E-state index in [0.29, 0.717) is 3.70 Å². The molecule has 0 atom stereocenters. The van der Waals surface area contributed by atoms with Crippen LogP contribution < -0.4 is 5.46 Å². The van der Waals surface area contributed by atoms with E-state index in [1.807, 2.05) is 22.6 Å². The molecule has 0 aliphatic rings. The van der Waals surface area contributed by atoms with Crippen molar-refractivity contribution in [3.05, 3.63) is 21.5 Å². The highest BCUT2D eigenvalue weighted by Gasteiger charge is 2.20. The molecule has 1 aromatic rings. The van der Waals surface area contributed by atoms with E-state index in [1.54, 1.807) is 0 Å². The molecule has 0 aromatic carbocycles. The van der Waals surface area contributed by atoms with Crippen LogP contribution in [0.3, 0.4) is 0 Å². The Bertz CT molecular complexity index is 343. The molecule has 13 heavy (non-hydrogen) atoms. The molecule has 68 valence electrons. The normalized spacial score (nSPS) is 9.77. The maximum Gasteiger partial charge on any atom is 0.490 e. The number of halogens is 1. The van der Waals surface area contributed by atoms with E-state index >= 15 is 0 Å². The predicted octanol–water partition coefficient (Wildman–Crippen LogP) is -0.936. The number of hydrogen-bond acceptors (Lipinski definition) is 4. The first-order chi connectivity index (χ1) is 6.02. The molecule has 0 unspecified atom stereocenters. The molecule has 7 heteroatoms. The summed E-state index contributed by atoms with van der Waals surface area (Å²) in [5, 5.41) is 26.3. The Balaban J connectivity index is 3.27. The molecule has 0 saturated heterocycles. The van der Waals surface area contributed by atoms with Crippen molar-refractivity contribution in [1.82, 2.24) is 4.98 Å². The summed E-state index contributed by atoms with van der Waals surface area (Å²) in [6.45, 7) is 0. The first-order valence-corrected chi connectivity index (χ1v) is 4.35. The summed E-state index contributed by atoms with van der Waals surface area (Å²) >= 11 is 1.84. The van der Waals surface area contributed by atoms with Crippen LogP contribution in [0.5, 0.6) is 0 Å². The van der Waals surface area contributed by atoms with E-state index in [-0.39, 0.29) is 11.0 Å². The molecule has 1 aromatic heterocycles. The molecule has 3 N–H and O–H groups in total. The summed E-state index contributed by atoms with van der Waals surface area (Å²) < 4.78 is 0.486. The minimum atomic E-state index is -1.81. The van der Waals surface area contributed by atoms with E-state index in [9.17, 15) is 4.79 Å². The van der Waals surface area contributed by atoms with Crippen LogP contribution in [-0.4, -0.2) is 33.2 Å². The maximum absolute atomic E-state index is 10.6. The van der Waals surface area contributed by atoms with Crippen molar-refractivity contribution in [2.24, 2.45) is 0 Å². The van der Waals surface area contributed by atoms with Crippen molar-refractivity contribution in [3.63, 3.8) is 0 Å². The fourth-order valence-corrected chi connectivity index (χ4v) is 1.28. The minimum absolute atomic E-state index is 0.104. The van der Waals surface area contributed by atoms with Gasteiger partial charge < -0.3 is 15.2 Å². The molecule has 0 saturated carbocycles. The molecule has 1 rings (SSSR count). The quantitative estimate of drug-likeness (QED) is 0.372. The number of aromatic nitrogens is 1. The van der Waals surface area contributed by atoms with Gasteiger partial charge in [0.2, 0.25) is 0 Å². The van der Waals surface area contributed by atoms with Crippen molar-refractivity contribution in [2.75, 3.05) is 0 Å². The second-order valence-electron chi connectivity index (χ2n) is 2.27. The van der Waals surface area contributed by atoms with Crippen LogP contribution in [0.1, 0.15) is 10.4 Å². The lowest BCUT2D eigenvalue weighted by Crippen LogP contribution is -2.35. The van der Waals surface area contributed by atoms with Crippen LogP contribution >= 0.6 is 22.6 Å². The highest BCUT2D eigenvalue weighted by molar-refractivity contribution is 14.1. The van der Waals surface area contributed by atoms with E-state index in [1.165, 1.54) is 6.07 Å². The smallest absolute Gasteiger partial charge is 0.478 e. The van der Waals surface area contributed by atoms with Gasteiger partial charge in [-0.15, -0.1) is 0 Å². The van der Waals surface area contributed by atoms with Crippen LogP contribution in [0.25, 0.3) is 0 Å². The van der Waals surface area contributed by atoms with Crippen LogP contribution in [0.4, 0.5) is 0 Å². The van der Waals surface area contributed by atoms with Crippen LogP contribution in [0.2, 0.25) is 0 Å². The highest BCUT2D eigenvalue weighted by atomic mass is 127. The number of pyridine rings is 1. The second-order valence-corrected chi connectivity index (χ2v) is 3.38. The molecular formula is C6H5BINO4. The summed E-state index contributed by atoms with van der Waals surface area (Å²) in [5.74, 6) is -1.21. The number of carbonyl (C=O) groups is 1. The molecular weight excluding hydrogens is 288 g/mol. The largest absolute Gasteiger partial charge is 0.490 e. The molecule has 0 fully saturated rings. The van der Waals surface area contributed by atoms with Crippen molar-refractivity contribution in [2.45, 2.75) is 0 Å². The van der Waals surface area contributed by atoms with Gasteiger partial charge in [0.15, 0.2) is 0 Å². The lowest BCUT2D eigenvalue weighted by atomic mass is 9.78. The van der Waals surface area contributed by atoms with Gasteiger partial charge >= 0.3 is 13.1 Å². The maximum atomic E-state index is 10.6. The average Bonchev–Trinajstić information content (AvgIpc) is 2.03. The van der Waals surface area contributed by atoms with Gasteiger partial charge in [-0.25, -0.2) is 4.79 Å². The lowest BCUT2D eigenvalue weighted by molar-refractivity contribution is 0.0697. The standard InChI is InChI=1S/C6H5BINO4/c8-5-1-3(6(10)11)4(2-9-5)7(12)13/h1-2,12-13H,(H,10,11). The summed E-state index contributed by atoms with van der Waals surface area (Å²) in [7, 11) is -1.81. The first-order valence-electron chi connectivity index (χ1n) is 3.27. The molecule has 5 nitrogen and oxygen atoms in total. The monoisotopic (exact) mass is 293 g/mol. The van der Waals surface area contributed by atoms with E-state index in [0.717, 1.165) is 6.20 Å². The Kier molecular flexibility index (Phi) is 3.23. The summed E-state index contributed by atoms with van der Waals surface area (Å²) in [4.78, 5) is 14.4. The van der Waals surface area contributed by atoms with Crippen LogP contribution in [0, 0.1) is 3.70 Å². The SMILES string of the molecule is O=C(O)c1cc(I)ncc1B(O)O. The van der Waals surface area contributed by atoms with E-state index in [2.05, 4.69) is 4.98 Å². The average molecular weight is 293 g/mol. The topological polar surface area (TPSA) is 90.7 Å². The van der Waals surface area contributed by atoms with Gasteiger partial charge in [0, 0.05) is 11.7 Å². The zero-order valence-electron chi connectivity index (χ0n) is 6.31. The fraction of sp³-hybridized carbons (Fsp3) is 0. The third-order valence-corrected chi connectivity index (χ3v) is 2.00. The minimum Gasteiger partial charge on any atom is -0.478 e. The molecule has 0 aliphatic carbocycles. The Morgan fingerprint density at radius 1 is 1.54 bits per heavy atom. The number of rotatable bonds is 2. The van der Waals surface area contributed by atoms with Gasteiger partial charge in [-0.1, -0.05) is 0 Å². The zero-order valence-corrected chi connectivity index (χ0v) is 8.46. The van der Waals surface area contributed by atoms with Crippen molar-refractivity contribution in [1.29, 1.82) is 0 Å². The highest BCUT2D eigenvalue weighted by Crippen LogP contribution is 2.03. The van der Waals surface area contributed by atoms with E-state index in [4.69, 9.17) is 15.2 Å². The van der Waals surface area contributed by atoms with Crippen LogP contribution in [0.15, 0.2) is 12.3 Å². The predicted molar refractivity (Wildman–Crippen MR) is 53.7 cm³/mol. The van der Waals surface area contributed by atoms with Gasteiger partial charge in [-0.05, 0) is 28.7 Å². The first kappa shape index (κ1) is 10.4. The van der Waals surface area contributed by atoms with Crippen molar-refractivity contribution < 1.29 is 19.9 Å². The third kappa shape index (κ3) is 2.39. The number of carboxylic acid groups (broad SMARTS) is 1. The molecule has 0 amide bonds. The fourth-order valence-electron chi connectivity index (χ4n) is 0.831. The van der Waals surface area contributed by atoms with E-state index < -0.39 is 13.1 Å². The molecule has 0 bridgehead atoms. The summed E-state index contributed by atoms with van der Waals surface area (Å²) in [6.07, 6.45) is 1.13.